The lowest BCUT2D eigenvalue weighted by Crippen LogP contribution is -2.40. The van der Waals surface area contributed by atoms with Gasteiger partial charge in [-0.3, -0.25) is 4.90 Å². The zero-order valence-corrected chi connectivity index (χ0v) is 9.92. The number of hydrogen-bond acceptors (Lipinski definition) is 1. The van der Waals surface area contributed by atoms with Crippen molar-refractivity contribution in [2.24, 2.45) is 0 Å². The van der Waals surface area contributed by atoms with Crippen LogP contribution in [-0.4, -0.2) is 11.4 Å². The van der Waals surface area contributed by atoms with Crippen molar-refractivity contribution >= 4 is 0 Å². The Bertz CT molecular complexity index is 463. The Labute approximate surface area is 103 Å². The molecule has 1 aliphatic heterocycles. The van der Waals surface area contributed by atoms with Gasteiger partial charge in [0.2, 0.25) is 0 Å². The Kier molecular flexibility index (Phi) is 2.93. The first-order valence-corrected chi connectivity index (χ1v) is 6.26. The van der Waals surface area contributed by atoms with Crippen LogP contribution in [0.5, 0.6) is 0 Å². The molecule has 1 nitrogen and oxygen atoms in total. The zero-order valence-electron chi connectivity index (χ0n) is 9.92. The molecule has 1 saturated heterocycles. The van der Waals surface area contributed by atoms with E-state index in [1.807, 2.05) is 0 Å². The molecule has 0 spiro atoms. The Balaban J connectivity index is 1.70. The van der Waals surface area contributed by atoms with Gasteiger partial charge in [0.15, 0.2) is 0 Å². The Hall–Kier alpha value is -1.60. The van der Waals surface area contributed by atoms with Crippen LogP contribution in [0.3, 0.4) is 0 Å². The van der Waals surface area contributed by atoms with Crippen molar-refractivity contribution in [3.05, 3.63) is 71.8 Å². The van der Waals surface area contributed by atoms with E-state index < -0.39 is 0 Å². The van der Waals surface area contributed by atoms with Gasteiger partial charge >= 0.3 is 0 Å². The average molecular weight is 223 g/mol. The molecule has 1 heteroatoms. The van der Waals surface area contributed by atoms with Crippen LogP contribution in [-0.2, 0) is 6.54 Å². The van der Waals surface area contributed by atoms with Gasteiger partial charge in [-0.2, -0.15) is 0 Å². The second kappa shape index (κ2) is 4.72. The van der Waals surface area contributed by atoms with Gasteiger partial charge < -0.3 is 0 Å². The molecule has 0 aromatic heterocycles. The summed E-state index contributed by atoms with van der Waals surface area (Å²) in [7, 11) is 0. The molecule has 1 aliphatic rings. The van der Waals surface area contributed by atoms with Crippen LogP contribution in [0.1, 0.15) is 23.6 Å². The predicted molar refractivity (Wildman–Crippen MR) is 70.7 cm³/mol. The molecule has 1 fully saturated rings. The van der Waals surface area contributed by atoms with Gasteiger partial charge in [0.25, 0.3) is 0 Å². The molecule has 86 valence electrons. The van der Waals surface area contributed by atoms with Gasteiger partial charge in [-0.05, 0) is 17.5 Å². The second-order valence-corrected chi connectivity index (χ2v) is 4.67. The highest BCUT2D eigenvalue weighted by Gasteiger charge is 2.28. The molecule has 0 radical (unpaired) electrons. The lowest BCUT2D eigenvalue weighted by molar-refractivity contribution is 0.0819. The zero-order chi connectivity index (χ0) is 11.5. The minimum atomic E-state index is 0.622. The third-order valence-electron chi connectivity index (χ3n) is 3.54. The lowest BCUT2D eigenvalue weighted by atomic mass is 9.94. The van der Waals surface area contributed by atoms with E-state index in [-0.39, 0.29) is 0 Å². The van der Waals surface area contributed by atoms with E-state index in [0.29, 0.717) is 6.04 Å². The van der Waals surface area contributed by atoms with Crippen LogP contribution in [0, 0.1) is 0 Å². The SMILES string of the molecule is c1ccc(CN2CCC2c2ccccc2)cc1. The standard InChI is InChI=1S/C16H17N/c1-3-7-14(8-4-1)13-17-12-11-16(17)15-9-5-2-6-10-15/h1-10,16H,11-13H2. The topological polar surface area (TPSA) is 3.24 Å². The third-order valence-corrected chi connectivity index (χ3v) is 3.54. The Morgan fingerprint density at radius 3 is 2.12 bits per heavy atom. The third kappa shape index (κ3) is 2.25. The van der Waals surface area contributed by atoms with E-state index in [0.717, 1.165) is 6.54 Å². The van der Waals surface area contributed by atoms with Gasteiger partial charge in [-0.15, -0.1) is 0 Å². The maximum Gasteiger partial charge on any atom is 0.0363 e. The Morgan fingerprint density at radius 1 is 0.882 bits per heavy atom. The summed E-state index contributed by atoms with van der Waals surface area (Å²) in [5.41, 5.74) is 2.86. The Morgan fingerprint density at radius 2 is 1.53 bits per heavy atom. The minimum absolute atomic E-state index is 0.622. The largest absolute Gasteiger partial charge is 0.292 e. The summed E-state index contributed by atoms with van der Waals surface area (Å²) in [4.78, 5) is 2.55. The molecular formula is C16H17N. The molecule has 1 unspecified atom stereocenters. The summed E-state index contributed by atoms with van der Waals surface area (Å²) < 4.78 is 0. The molecule has 2 aromatic rings. The predicted octanol–water partition coefficient (Wildman–Crippen LogP) is 3.63. The molecule has 0 N–H and O–H groups in total. The second-order valence-electron chi connectivity index (χ2n) is 4.67. The number of nitrogens with zero attached hydrogens (tertiary/aromatic N) is 1. The molecule has 3 rings (SSSR count). The fourth-order valence-electron chi connectivity index (χ4n) is 2.50. The molecule has 1 atom stereocenters. The first kappa shape index (κ1) is 10.5. The highest BCUT2D eigenvalue weighted by Crippen LogP contribution is 2.34. The van der Waals surface area contributed by atoms with Crippen molar-refractivity contribution in [1.82, 2.24) is 4.90 Å². The van der Waals surface area contributed by atoms with Crippen molar-refractivity contribution in [1.29, 1.82) is 0 Å². The summed E-state index contributed by atoms with van der Waals surface area (Å²) in [6.45, 7) is 2.29. The van der Waals surface area contributed by atoms with Crippen LogP contribution in [0.25, 0.3) is 0 Å². The molecule has 17 heavy (non-hydrogen) atoms. The summed E-state index contributed by atoms with van der Waals surface area (Å²) in [5, 5.41) is 0. The minimum Gasteiger partial charge on any atom is -0.292 e. The monoisotopic (exact) mass is 223 g/mol. The van der Waals surface area contributed by atoms with Crippen molar-refractivity contribution in [3.8, 4) is 0 Å². The van der Waals surface area contributed by atoms with Crippen LogP contribution in [0.15, 0.2) is 60.7 Å². The quantitative estimate of drug-likeness (QED) is 0.768. The van der Waals surface area contributed by atoms with E-state index in [9.17, 15) is 0 Å². The number of likely N-dealkylation sites (tertiary alicyclic amines) is 1. The highest BCUT2D eigenvalue weighted by molar-refractivity contribution is 5.22. The van der Waals surface area contributed by atoms with Gasteiger partial charge in [0.05, 0.1) is 0 Å². The highest BCUT2D eigenvalue weighted by atomic mass is 15.2. The molecule has 0 saturated carbocycles. The molecule has 0 aliphatic carbocycles. The normalized spacial score (nSPS) is 19.9. The summed E-state index contributed by atoms with van der Waals surface area (Å²) in [6, 6.07) is 22.2. The first-order valence-electron chi connectivity index (χ1n) is 6.26. The first-order chi connectivity index (χ1) is 8.43. The average Bonchev–Trinajstić information content (AvgIpc) is 2.37. The molecular weight excluding hydrogens is 206 g/mol. The van der Waals surface area contributed by atoms with Crippen LogP contribution >= 0.6 is 0 Å². The summed E-state index contributed by atoms with van der Waals surface area (Å²) >= 11 is 0. The van der Waals surface area contributed by atoms with Crippen LogP contribution < -0.4 is 0 Å². The van der Waals surface area contributed by atoms with Crippen molar-refractivity contribution in [2.45, 2.75) is 19.0 Å². The number of hydrogen-bond donors (Lipinski definition) is 0. The van der Waals surface area contributed by atoms with Gasteiger partial charge in [0, 0.05) is 19.1 Å². The van der Waals surface area contributed by atoms with E-state index in [4.69, 9.17) is 0 Å². The van der Waals surface area contributed by atoms with Gasteiger partial charge in [-0.1, -0.05) is 60.7 Å². The summed E-state index contributed by atoms with van der Waals surface area (Å²) in [5.74, 6) is 0. The van der Waals surface area contributed by atoms with E-state index in [1.54, 1.807) is 0 Å². The van der Waals surface area contributed by atoms with Crippen LogP contribution in [0.2, 0.25) is 0 Å². The van der Waals surface area contributed by atoms with Crippen molar-refractivity contribution in [2.75, 3.05) is 6.54 Å². The number of rotatable bonds is 3. The maximum atomic E-state index is 2.55. The molecule has 0 bridgehead atoms. The fourth-order valence-corrected chi connectivity index (χ4v) is 2.50. The van der Waals surface area contributed by atoms with E-state index >= 15 is 0 Å². The molecule has 1 heterocycles. The van der Waals surface area contributed by atoms with Crippen LogP contribution in [0.4, 0.5) is 0 Å². The summed E-state index contributed by atoms with van der Waals surface area (Å²) in [6.07, 6.45) is 1.29. The van der Waals surface area contributed by atoms with Gasteiger partial charge in [-0.25, -0.2) is 0 Å². The van der Waals surface area contributed by atoms with Gasteiger partial charge in [0.1, 0.15) is 0 Å². The smallest absolute Gasteiger partial charge is 0.0363 e. The molecule has 2 aromatic carbocycles. The number of benzene rings is 2. The maximum absolute atomic E-state index is 2.55. The molecule has 0 amide bonds. The van der Waals surface area contributed by atoms with Crippen molar-refractivity contribution in [3.63, 3.8) is 0 Å². The van der Waals surface area contributed by atoms with Crippen molar-refractivity contribution < 1.29 is 0 Å². The lowest BCUT2D eigenvalue weighted by Gasteiger charge is -2.41. The van der Waals surface area contributed by atoms with E-state index in [1.165, 1.54) is 24.1 Å². The van der Waals surface area contributed by atoms with E-state index in [2.05, 4.69) is 65.6 Å². The fraction of sp³-hybridized carbons (Fsp3) is 0.250.